The smallest absolute Gasteiger partial charge is 0.411 e. The number of hydrogen-bond acceptors (Lipinski definition) is 8. The largest absolute Gasteiger partial charge is 0.458 e. The van der Waals surface area contributed by atoms with Gasteiger partial charge in [0.05, 0.1) is 18.5 Å². The van der Waals surface area contributed by atoms with E-state index in [1.165, 1.54) is 11.1 Å². The van der Waals surface area contributed by atoms with Crippen LogP contribution in [0.15, 0.2) is 58.8 Å². The van der Waals surface area contributed by atoms with Crippen molar-refractivity contribution < 1.29 is 29.1 Å². The molecule has 2 aliphatic heterocycles. The topological polar surface area (TPSA) is 110 Å². The number of carbonyl (C=O) groups excluding carboxylic acids is 2. The summed E-state index contributed by atoms with van der Waals surface area (Å²) in [6.45, 7) is 10.9. The Balaban J connectivity index is 0.000000371. The maximum Gasteiger partial charge on any atom is 0.411 e. The molecule has 1 fully saturated rings. The first-order valence-electron chi connectivity index (χ1n) is 12.8. The lowest BCUT2D eigenvalue weighted by Gasteiger charge is -2.29. The molecule has 0 aliphatic carbocycles. The third kappa shape index (κ3) is 8.86. The SMILES string of the molecule is CC(C)(C)OC(=O)[C@@H]1C[C@]2(CC(c3cccc(Cl)c3)=NO2)CN1C(=O)OC(C)(C)C.O/N=C/c1cccc(Cl)c1. The fourth-order valence-electron chi connectivity index (χ4n) is 4.23. The summed E-state index contributed by atoms with van der Waals surface area (Å²) in [6, 6.07) is 13.6. The minimum absolute atomic E-state index is 0.180. The van der Waals surface area contributed by atoms with E-state index < -0.39 is 34.9 Å². The predicted molar refractivity (Wildman–Crippen MR) is 154 cm³/mol. The quantitative estimate of drug-likeness (QED) is 0.184. The van der Waals surface area contributed by atoms with Crippen LogP contribution < -0.4 is 0 Å². The van der Waals surface area contributed by atoms with E-state index in [4.69, 9.17) is 42.7 Å². The Morgan fingerprint density at radius 3 is 2.25 bits per heavy atom. The number of halogens is 2. The molecule has 1 spiro atoms. The summed E-state index contributed by atoms with van der Waals surface area (Å²) in [4.78, 5) is 33.0. The van der Waals surface area contributed by atoms with Gasteiger partial charge in [-0.25, -0.2) is 9.59 Å². The zero-order valence-corrected chi connectivity index (χ0v) is 25.0. The summed E-state index contributed by atoms with van der Waals surface area (Å²) in [6.07, 6.45) is 1.47. The van der Waals surface area contributed by atoms with Crippen molar-refractivity contribution in [2.75, 3.05) is 6.54 Å². The molecule has 2 atom stereocenters. The molecule has 0 bridgehead atoms. The Kier molecular flexibility index (Phi) is 9.74. The molecule has 1 amide bonds. The molecule has 11 heteroatoms. The van der Waals surface area contributed by atoms with Gasteiger partial charge in [0.1, 0.15) is 17.2 Å². The minimum Gasteiger partial charge on any atom is -0.458 e. The highest BCUT2D eigenvalue weighted by Crippen LogP contribution is 2.40. The molecule has 2 aliphatic rings. The molecular formula is C29H35Cl2N3O6. The highest BCUT2D eigenvalue weighted by atomic mass is 35.5. The van der Waals surface area contributed by atoms with Crippen molar-refractivity contribution in [3.05, 3.63) is 69.7 Å². The van der Waals surface area contributed by atoms with Gasteiger partial charge in [0.25, 0.3) is 0 Å². The van der Waals surface area contributed by atoms with Crippen molar-refractivity contribution >= 4 is 47.2 Å². The first kappa shape index (κ1) is 31.2. The van der Waals surface area contributed by atoms with E-state index in [9.17, 15) is 9.59 Å². The highest BCUT2D eigenvalue weighted by Gasteiger charge is 2.55. The summed E-state index contributed by atoms with van der Waals surface area (Å²) in [5.74, 6) is -0.481. The number of hydrogen-bond donors (Lipinski definition) is 1. The van der Waals surface area contributed by atoms with Crippen LogP contribution in [-0.4, -0.2) is 63.5 Å². The maximum atomic E-state index is 12.9. The van der Waals surface area contributed by atoms with E-state index in [0.29, 0.717) is 16.5 Å². The Hall–Kier alpha value is -3.30. The molecule has 216 valence electrons. The molecule has 0 aromatic heterocycles. The average molecular weight is 593 g/mol. The summed E-state index contributed by atoms with van der Waals surface area (Å²) in [7, 11) is 0. The van der Waals surface area contributed by atoms with E-state index in [1.54, 1.807) is 71.9 Å². The molecule has 4 rings (SSSR count). The lowest BCUT2D eigenvalue weighted by Crippen LogP contribution is -2.46. The van der Waals surface area contributed by atoms with Crippen LogP contribution in [0.4, 0.5) is 4.79 Å². The Morgan fingerprint density at radius 2 is 1.68 bits per heavy atom. The summed E-state index contributed by atoms with van der Waals surface area (Å²) >= 11 is 11.7. The van der Waals surface area contributed by atoms with Crippen LogP contribution in [-0.2, 0) is 19.1 Å². The lowest BCUT2D eigenvalue weighted by atomic mass is 9.92. The number of benzene rings is 2. The number of ether oxygens (including phenoxy) is 2. The van der Waals surface area contributed by atoms with E-state index in [0.717, 1.165) is 16.8 Å². The number of oxime groups is 2. The third-order valence-electron chi connectivity index (χ3n) is 5.76. The van der Waals surface area contributed by atoms with Gasteiger partial charge < -0.3 is 19.5 Å². The lowest BCUT2D eigenvalue weighted by molar-refractivity contribution is -0.160. The summed E-state index contributed by atoms with van der Waals surface area (Å²) in [5.41, 5.74) is 0.191. The van der Waals surface area contributed by atoms with Gasteiger partial charge in [-0.2, -0.15) is 0 Å². The Labute approximate surface area is 244 Å². The van der Waals surface area contributed by atoms with Crippen molar-refractivity contribution in [1.82, 2.24) is 4.90 Å². The molecule has 2 aromatic rings. The number of rotatable bonds is 3. The van der Waals surface area contributed by atoms with Crippen LogP contribution in [0.5, 0.6) is 0 Å². The van der Waals surface area contributed by atoms with Crippen molar-refractivity contribution in [1.29, 1.82) is 0 Å². The van der Waals surface area contributed by atoms with E-state index in [1.807, 2.05) is 18.2 Å². The molecule has 2 heterocycles. The van der Waals surface area contributed by atoms with Crippen LogP contribution in [0.1, 0.15) is 65.5 Å². The van der Waals surface area contributed by atoms with Crippen molar-refractivity contribution in [3.8, 4) is 0 Å². The van der Waals surface area contributed by atoms with Crippen LogP contribution >= 0.6 is 23.2 Å². The third-order valence-corrected chi connectivity index (χ3v) is 6.23. The first-order valence-corrected chi connectivity index (χ1v) is 13.5. The van der Waals surface area contributed by atoms with Crippen molar-refractivity contribution in [2.45, 2.75) is 77.2 Å². The minimum atomic E-state index is -0.812. The van der Waals surface area contributed by atoms with E-state index >= 15 is 0 Å². The first-order chi connectivity index (χ1) is 18.6. The highest BCUT2D eigenvalue weighted by molar-refractivity contribution is 6.31. The van der Waals surface area contributed by atoms with Gasteiger partial charge in [-0.1, -0.05) is 57.8 Å². The number of likely N-dealkylation sites (tertiary alicyclic amines) is 1. The molecule has 2 aromatic carbocycles. The molecular weight excluding hydrogens is 557 g/mol. The molecule has 1 N–H and O–H groups in total. The van der Waals surface area contributed by atoms with Gasteiger partial charge in [0, 0.05) is 28.5 Å². The number of amides is 1. The normalized spacial score (nSPS) is 20.6. The van der Waals surface area contributed by atoms with E-state index in [2.05, 4.69) is 10.3 Å². The van der Waals surface area contributed by atoms with E-state index in [-0.39, 0.29) is 13.0 Å². The van der Waals surface area contributed by atoms with Gasteiger partial charge in [-0.15, -0.1) is 0 Å². The van der Waals surface area contributed by atoms with Gasteiger partial charge in [0.2, 0.25) is 0 Å². The van der Waals surface area contributed by atoms with Crippen LogP contribution in [0.25, 0.3) is 0 Å². The van der Waals surface area contributed by atoms with Gasteiger partial charge in [0.15, 0.2) is 5.60 Å². The molecule has 0 unspecified atom stereocenters. The second-order valence-corrected chi connectivity index (χ2v) is 12.5. The Bertz CT molecular complexity index is 1250. The fraction of sp³-hybridized carbons (Fsp3) is 0.448. The molecule has 0 saturated carbocycles. The van der Waals surface area contributed by atoms with Crippen LogP contribution in [0, 0.1) is 0 Å². The standard InChI is InChI=1S/C22H29ClN2O5.C7H6ClNO/c1-20(2,3)28-18(26)17-12-22(13-25(17)19(27)29-21(4,5)6)11-16(24-30-22)14-8-7-9-15(23)10-14;8-7-3-1-2-6(4-7)5-9-10/h7-10,17H,11-13H2,1-6H3;1-5,10H/b;9-5+/t17-,22+;/m0./s1. The zero-order chi connectivity index (χ0) is 29.7. The monoisotopic (exact) mass is 591 g/mol. The Morgan fingerprint density at radius 1 is 1.05 bits per heavy atom. The molecule has 1 saturated heterocycles. The number of carbonyl (C=O) groups is 2. The van der Waals surface area contributed by atoms with Crippen molar-refractivity contribution in [3.63, 3.8) is 0 Å². The fourth-order valence-corrected chi connectivity index (χ4v) is 4.62. The number of esters is 1. The molecule has 0 radical (unpaired) electrons. The van der Waals surface area contributed by atoms with Gasteiger partial charge in [-0.05, 0) is 71.4 Å². The zero-order valence-electron chi connectivity index (χ0n) is 23.5. The number of nitrogens with zero attached hydrogens (tertiary/aromatic N) is 3. The molecule has 40 heavy (non-hydrogen) atoms. The predicted octanol–water partition coefficient (Wildman–Crippen LogP) is 6.70. The summed E-state index contributed by atoms with van der Waals surface area (Å²) < 4.78 is 11.1. The average Bonchev–Trinajstić information content (AvgIpc) is 3.42. The van der Waals surface area contributed by atoms with Gasteiger partial charge >= 0.3 is 12.1 Å². The summed E-state index contributed by atoms with van der Waals surface area (Å²) in [5, 5.41) is 16.5. The van der Waals surface area contributed by atoms with Crippen LogP contribution in [0.3, 0.4) is 0 Å². The second kappa shape index (κ2) is 12.5. The maximum absolute atomic E-state index is 12.9. The van der Waals surface area contributed by atoms with Gasteiger partial charge in [-0.3, -0.25) is 4.90 Å². The second-order valence-electron chi connectivity index (χ2n) is 11.7. The molecule has 9 nitrogen and oxygen atoms in total. The van der Waals surface area contributed by atoms with Crippen LogP contribution in [0.2, 0.25) is 10.0 Å². The van der Waals surface area contributed by atoms with Crippen molar-refractivity contribution in [2.24, 2.45) is 10.3 Å².